The fourth-order valence-electron chi connectivity index (χ4n) is 2.05. The Kier molecular flexibility index (Phi) is 4.31. The average Bonchev–Trinajstić information content (AvgIpc) is 2.34. The molecule has 4 heteroatoms. The van der Waals surface area contributed by atoms with Crippen LogP contribution >= 0.6 is 23.2 Å². The fourth-order valence-corrected chi connectivity index (χ4v) is 2.37. The van der Waals surface area contributed by atoms with Crippen molar-refractivity contribution in [2.24, 2.45) is 0 Å². The first-order valence-corrected chi connectivity index (χ1v) is 6.69. The van der Waals surface area contributed by atoms with E-state index in [1.807, 2.05) is 0 Å². The van der Waals surface area contributed by atoms with Crippen molar-refractivity contribution in [3.8, 4) is 5.75 Å². The van der Waals surface area contributed by atoms with Gasteiger partial charge in [-0.3, -0.25) is 4.79 Å². The second-order valence-corrected chi connectivity index (χ2v) is 5.19. The van der Waals surface area contributed by atoms with E-state index in [4.69, 9.17) is 27.9 Å². The number of hydrogen-bond donors (Lipinski definition) is 0. The first-order valence-electron chi connectivity index (χ1n) is 5.94. The van der Waals surface area contributed by atoms with Gasteiger partial charge >= 0.3 is 0 Å². The van der Waals surface area contributed by atoms with E-state index < -0.39 is 0 Å². The van der Waals surface area contributed by atoms with Gasteiger partial charge in [0.15, 0.2) is 5.78 Å². The zero-order chi connectivity index (χ0) is 13.1. The maximum Gasteiger partial charge on any atom is 0.159 e. The monoisotopic (exact) mass is 284 g/mol. The molecular weight excluding hydrogens is 271 g/mol. The minimum Gasteiger partial charge on any atom is -0.460 e. The van der Waals surface area contributed by atoms with Crippen LogP contribution < -0.4 is 4.74 Å². The summed E-state index contributed by atoms with van der Waals surface area (Å²) in [5, 5.41) is 1.07. The lowest BCUT2D eigenvalue weighted by Crippen LogP contribution is -2.11. The summed E-state index contributed by atoms with van der Waals surface area (Å²) in [6, 6.07) is 5.07. The average molecular weight is 285 g/mol. The molecular formula is C14H14Cl2O2. The van der Waals surface area contributed by atoms with E-state index in [0.29, 0.717) is 15.8 Å². The summed E-state index contributed by atoms with van der Waals surface area (Å²) in [5.41, 5.74) is 0.775. The van der Waals surface area contributed by atoms with E-state index in [9.17, 15) is 4.79 Å². The van der Waals surface area contributed by atoms with Crippen molar-refractivity contribution in [1.82, 2.24) is 0 Å². The summed E-state index contributed by atoms with van der Waals surface area (Å²) in [6.07, 6.45) is 3.62. The van der Waals surface area contributed by atoms with Crippen LogP contribution in [-0.2, 0) is 4.79 Å². The van der Waals surface area contributed by atoms with E-state index in [-0.39, 0.29) is 5.78 Å². The molecule has 0 N–H and O–H groups in total. The van der Waals surface area contributed by atoms with E-state index in [2.05, 4.69) is 0 Å². The minimum atomic E-state index is 0.0721. The highest BCUT2D eigenvalue weighted by Gasteiger charge is 2.19. The second kappa shape index (κ2) is 5.77. The Balaban J connectivity index is 2.31. The molecule has 0 aliphatic heterocycles. The topological polar surface area (TPSA) is 26.3 Å². The van der Waals surface area contributed by atoms with E-state index >= 15 is 0 Å². The quantitative estimate of drug-likeness (QED) is 0.798. The summed E-state index contributed by atoms with van der Waals surface area (Å²) in [7, 11) is 0. The number of halogens is 2. The van der Waals surface area contributed by atoms with Crippen LogP contribution in [0.1, 0.15) is 32.6 Å². The second-order valence-electron chi connectivity index (χ2n) is 4.34. The molecule has 0 radical (unpaired) electrons. The van der Waals surface area contributed by atoms with Crippen molar-refractivity contribution in [2.75, 3.05) is 0 Å². The van der Waals surface area contributed by atoms with Crippen molar-refractivity contribution >= 4 is 29.0 Å². The molecule has 0 aromatic heterocycles. The summed E-state index contributed by atoms with van der Waals surface area (Å²) in [4.78, 5) is 11.6. The van der Waals surface area contributed by atoms with Gasteiger partial charge in [-0.05, 0) is 38.3 Å². The Bertz CT molecular complexity index is 507. The zero-order valence-electron chi connectivity index (χ0n) is 10.1. The molecule has 2 nitrogen and oxygen atoms in total. The molecule has 0 bridgehead atoms. The van der Waals surface area contributed by atoms with Crippen molar-refractivity contribution in [2.45, 2.75) is 32.6 Å². The summed E-state index contributed by atoms with van der Waals surface area (Å²) in [5.74, 6) is 1.32. The molecule has 1 aliphatic rings. The van der Waals surface area contributed by atoms with Gasteiger partial charge in [0.25, 0.3) is 0 Å². The van der Waals surface area contributed by atoms with Crippen LogP contribution in [0.2, 0.25) is 10.0 Å². The molecule has 0 saturated heterocycles. The van der Waals surface area contributed by atoms with Gasteiger partial charge in [0.05, 0.1) is 5.02 Å². The van der Waals surface area contributed by atoms with Crippen LogP contribution in [0, 0.1) is 0 Å². The number of Topliss-reactive ketones (excluding diaryl/α,β-unsaturated/α-hetero) is 1. The zero-order valence-corrected chi connectivity index (χ0v) is 11.6. The van der Waals surface area contributed by atoms with Crippen LogP contribution in [0.5, 0.6) is 5.75 Å². The third-order valence-corrected chi connectivity index (χ3v) is 3.52. The van der Waals surface area contributed by atoms with Gasteiger partial charge in [0.2, 0.25) is 0 Å². The minimum absolute atomic E-state index is 0.0721. The largest absolute Gasteiger partial charge is 0.460 e. The van der Waals surface area contributed by atoms with E-state index in [1.165, 1.54) is 0 Å². The molecule has 96 valence electrons. The lowest BCUT2D eigenvalue weighted by atomic mass is 9.95. The Morgan fingerprint density at radius 1 is 1.22 bits per heavy atom. The Morgan fingerprint density at radius 3 is 2.67 bits per heavy atom. The lowest BCUT2D eigenvalue weighted by Gasteiger charge is -2.19. The fraction of sp³-hybridized carbons (Fsp3) is 0.357. The predicted molar refractivity (Wildman–Crippen MR) is 73.3 cm³/mol. The number of ether oxygens (including phenoxy) is 1. The molecule has 0 atom stereocenters. The number of ketones is 1. The Morgan fingerprint density at radius 2 is 1.94 bits per heavy atom. The molecule has 18 heavy (non-hydrogen) atoms. The van der Waals surface area contributed by atoms with Crippen molar-refractivity contribution < 1.29 is 9.53 Å². The molecule has 0 amide bonds. The maximum absolute atomic E-state index is 11.6. The normalized spacial score (nSPS) is 15.7. The number of carbonyl (C=O) groups excluding carboxylic acids is 1. The van der Waals surface area contributed by atoms with Crippen LogP contribution in [0.3, 0.4) is 0 Å². The standard InChI is InChI=1S/C14H14Cl2O2/c1-9(17)11-4-2-3-5-13(11)18-14-8-10(15)6-7-12(14)16/h6-8H,2-5H2,1H3. The molecule has 1 aromatic carbocycles. The van der Waals surface area contributed by atoms with Gasteiger partial charge in [0.1, 0.15) is 11.5 Å². The van der Waals surface area contributed by atoms with Crippen molar-refractivity contribution in [1.29, 1.82) is 0 Å². The number of hydrogen-bond acceptors (Lipinski definition) is 2. The third-order valence-electron chi connectivity index (χ3n) is 2.97. The Labute approximate surface area is 117 Å². The lowest BCUT2D eigenvalue weighted by molar-refractivity contribution is -0.114. The van der Waals surface area contributed by atoms with E-state index in [1.54, 1.807) is 25.1 Å². The van der Waals surface area contributed by atoms with Gasteiger partial charge in [0, 0.05) is 23.1 Å². The van der Waals surface area contributed by atoms with Crippen LogP contribution in [-0.4, -0.2) is 5.78 Å². The first kappa shape index (κ1) is 13.4. The number of carbonyl (C=O) groups is 1. The van der Waals surface area contributed by atoms with Crippen molar-refractivity contribution in [3.05, 3.63) is 39.6 Å². The van der Waals surface area contributed by atoms with Crippen LogP contribution in [0.15, 0.2) is 29.5 Å². The highest BCUT2D eigenvalue weighted by molar-refractivity contribution is 6.34. The molecule has 1 aliphatic carbocycles. The van der Waals surface area contributed by atoms with Crippen LogP contribution in [0.25, 0.3) is 0 Å². The first-order chi connectivity index (χ1) is 8.58. The SMILES string of the molecule is CC(=O)C1=C(Oc2cc(Cl)ccc2Cl)CCCC1. The number of rotatable bonds is 3. The van der Waals surface area contributed by atoms with Gasteiger partial charge in [-0.25, -0.2) is 0 Å². The number of benzene rings is 1. The van der Waals surface area contributed by atoms with Gasteiger partial charge in [-0.1, -0.05) is 23.2 Å². The highest BCUT2D eigenvalue weighted by Crippen LogP contribution is 2.33. The highest BCUT2D eigenvalue weighted by atomic mass is 35.5. The van der Waals surface area contributed by atoms with Crippen LogP contribution in [0.4, 0.5) is 0 Å². The van der Waals surface area contributed by atoms with Crippen molar-refractivity contribution in [3.63, 3.8) is 0 Å². The van der Waals surface area contributed by atoms with Gasteiger partial charge in [-0.2, -0.15) is 0 Å². The van der Waals surface area contributed by atoms with Gasteiger partial charge in [-0.15, -0.1) is 0 Å². The molecule has 0 spiro atoms. The summed E-state index contributed by atoms with van der Waals surface area (Å²) < 4.78 is 5.78. The Hall–Kier alpha value is -0.990. The molecule has 0 fully saturated rings. The van der Waals surface area contributed by atoms with Gasteiger partial charge < -0.3 is 4.74 Å². The third kappa shape index (κ3) is 3.06. The van der Waals surface area contributed by atoms with E-state index in [0.717, 1.165) is 37.0 Å². The predicted octanol–water partition coefficient (Wildman–Crippen LogP) is 4.79. The molecule has 0 unspecified atom stereocenters. The maximum atomic E-state index is 11.6. The molecule has 0 saturated carbocycles. The molecule has 2 rings (SSSR count). The molecule has 0 heterocycles. The number of allylic oxidation sites excluding steroid dienone is 2. The summed E-state index contributed by atoms with van der Waals surface area (Å²) >= 11 is 12.0. The smallest absolute Gasteiger partial charge is 0.159 e. The summed E-state index contributed by atoms with van der Waals surface area (Å²) in [6.45, 7) is 1.57. The molecule has 1 aromatic rings.